The van der Waals surface area contributed by atoms with Gasteiger partial charge in [0.25, 0.3) is 0 Å². The molecule has 6 aromatic carbocycles. The molecule has 4 heterocycles. The SMILES string of the molecule is COC(=O)C(Br)CN1CCC(N(C)C(=O)OC(C)(C)C)CC1.COC(=O)C(CN1CCC(N(C)C(=O)OC(C)(C)C)CC1)Oc1cc(Br)c(Cl)cc1NCC1CN(C(c2ccccc2)c2ccccc2)C1.Oc1cc(Br)c(Cl)cc1NCC1CN(C(c2ccccc2)c2ccccc2)C1. The van der Waals surface area contributed by atoms with Crippen molar-refractivity contribution in [3.8, 4) is 11.5 Å². The van der Waals surface area contributed by atoms with Crippen molar-refractivity contribution in [2.24, 2.45) is 11.8 Å². The summed E-state index contributed by atoms with van der Waals surface area (Å²) in [5.41, 5.74) is 5.57. The summed E-state index contributed by atoms with van der Waals surface area (Å²) in [4.78, 5) is 61.5. The van der Waals surface area contributed by atoms with Crippen LogP contribution in [0.1, 0.15) is 102 Å². The molecule has 4 fully saturated rings. The van der Waals surface area contributed by atoms with Crippen LogP contribution < -0.4 is 15.4 Å². The minimum absolute atomic E-state index is 0.0599. The molecule has 536 valence electrons. The third kappa shape index (κ3) is 23.4. The third-order valence-electron chi connectivity index (χ3n) is 18.0. The summed E-state index contributed by atoms with van der Waals surface area (Å²) < 4.78 is 28.6. The van der Waals surface area contributed by atoms with Crippen LogP contribution in [0.5, 0.6) is 11.5 Å². The van der Waals surface area contributed by atoms with Gasteiger partial charge in [-0.3, -0.25) is 19.5 Å². The number of esters is 2. The van der Waals surface area contributed by atoms with Crippen molar-refractivity contribution in [2.75, 3.05) is 117 Å². The number of hydrogen-bond donors (Lipinski definition) is 3. The largest absolute Gasteiger partial charge is 0.506 e. The maximum atomic E-state index is 13.0. The van der Waals surface area contributed by atoms with E-state index in [-0.39, 0.29) is 52.9 Å². The number of rotatable bonds is 22. The molecule has 2 amide bonds. The van der Waals surface area contributed by atoms with E-state index in [1.807, 2.05) is 47.6 Å². The van der Waals surface area contributed by atoms with Gasteiger partial charge in [-0.15, -0.1) is 0 Å². The van der Waals surface area contributed by atoms with Gasteiger partial charge in [0.1, 0.15) is 27.5 Å². The topological polar surface area (TPSA) is 178 Å². The van der Waals surface area contributed by atoms with E-state index in [2.05, 4.69) is 199 Å². The number of carbonyl (C=O) groups excluding carboxylic acids is 4. The molecule has 0 spiro atoms. The Morgan fingerprint density at radius 1 is 0.545 bits per heavy atom. The number of nitrogens with one attached hydrogen (secondary N) is 2. The summed E-state index contributed by atoms with van der Waals surface area (Å²) in [5.74, 6) is 0.965. The zero-order valence-corrected chi connectivity index (χ0v) is 64.8. The fraction of sp³-hybridized carbons (Fsp3) is 0.474. The maximum Gasteiger partial charge on any atom is 0.410 e. The highest BCUT2D eigenvalue weighted by molar-refractivity contribution is 9.11. The summed E-state index contributed by atoms with van der Waals surface area (Å²) in [6.45, 7) is 20.7. The first kappa shape index (κ1) is 78.6. The Balaban J connectivity index is 0.000000210. The first-order chi connectivity index (χ1) is 47.2. The molecule has 4 saturated heterocycles. The number of methoxy groups -OCH3 is 2. The molecule has 0 saturated carbocycles. The van der Waals surface area contributed by atoms with E-state index >= 15 is 0 Å². The number of nitrogens with zero attached hydrogens (tertiary/aromatic N) is 6. The first-order valence-corrected chi connectivity index (χ1v) is 37.1. The van der Waals surface area contributed by atoms with Crippen LogP contribution in [0, 0.1) is 11.8 Å². The van der Waals surface area contributed by atoms with Gasteiger partial charge in [-0.05, 0) is 146 Å². The number of carbonyl (C=O) groups is 4. The van der Waals surface area contributed by atoms with Crippen LogP contribution in [0.4, 0.5) is 21.0 Å². The van der Waals surface area contributed by atoms with E-state index in [1.54, 1.807) is 42.1 Å². The number of aromatic hydroxyl groups is 1. The van der Waals surface area contributed by atoms with Crippen molar-refractivity contribution >= 4 is 106 Å². The number of amides is 2. The quantitative estimate of drug-likeness (QED) is 0.0253. The number of likely N-dealkylation sites (tertiary alicyclic amines) is 4. The Morgan fingerprint density at radius 3 is 1.27 bits per heavy atom. The number of phenols is 1. The molecular weight excluding hydrogens is 1500 g/mol. The van der Waals surface area contributed by atoms with Crippen LogP contribution in [0.3, 0.4) is 0 Å². The second-order valence-corrected chi connectivity index (χ2v) is 31.4. The number of benzene rings is 6. The Morgan fingerprint density at radius 2 is 0.899 bits per heavy atom. The van der Waals surface area contributed by atoms with Crippen molar-refractivity contribution in [1.29, 1.82) is 0 Å². The zero-order chi connectivity index (χ0) is 71.6. The molecule has 0 aliphatic carbocycles. The molecule has 4 aliphatic rings. The molecule has 23 heteroatoms. The van der Waals surface area contributed by atoms with E-state index in [9.17, 15) is 24.3 Å². The lowest BCUT2D eigenvalue weighted by Gasteiger charge is -2.45. The Labute approximate surface area is 620 Å². The lowest BCUT2D eigenvalue weighted by molar-refractivity contribution is -0.150. The molecule has 99 heavy (non-hydrogen) atoms. The fourth-order valence-electron chi connectivity index (χ4n) is 12.7. The molecule has 10 rings (SSSR count). The predicted octanol–water partition coefficient (Wildman–Crippen LogP) is 15.7. The smallest absolute Gasteiger partial charge is 0.410 e. The first-order valence-electron chi connectivity index (χ1n) is 33.8. The summed E-state index contributed by atoms with van der Waals surface area (Å²) in [7, 11) is 6.33. The number of hydrogen-bond acceptors (Lipinski definition) is 16. The average Bonchev–Trinajstić information content (AvgIpc) is 0.799. The number of piperidine rings is 2. The van der Waals surface area contributed by atoms with Gasteiger partial charge in [0.2, 0.25) is 6.10 Å². The average molecular weight is 1590 g/mol. The van der Waals surface area contributed by atoms with Crippen LogP contribution in [-0.2, 0) is 28.5 Å². The van der Waals surface area contributed by atoms with Gasteiger partial charge in [0.05, 0.1) is 47.7 Å². The second-order valence-electron chi connectivity index (χ2n) is 27.8. The third-order valence-corrected chi connectivity index (χ3v) is 21.0. The van der Waals surface area contributed by atoms with Gasteiger partial charge < -0.3 is 54.1 Å². The minimum Gasteiger partial charge on any atom is -0.506 e. The van der Waals surface area contributed by atoms with E-state index in [4.69, 9.17) is 46.9 Å². The fourth-order valence-corrected chi connectivity index (χ4v) is 14.2. The van der Waals surface area contributed by atoms with Gasteiger partial charge in [-0.1, -0.05) is 160 Å². The highest BCUT2D eigenvalue weighted by Gasteiger charge is 2.38. The number of phenolic OH excluding ortho intramolecular Hbond substituents is 1. The highest BCUT2D eigenvalue weighted by atomic mass is 79.9. The number of ether oxygens (including phenoxy) is 5. The van der Waals surface area contributed by atoms with Gasteiger partial charge in [0.15, 0.2) is 0 Å². The molecule has 0 bridgehead atoms. The van der Waals surface area contributed by atoms with Gasteiger partial charge in [-0.2, -0.15) is 0 Å². The molecule has 6 aromatic rings. The number of halogens is 5. The normalized spacial score (nSPS) is 16.7. The summed E-state index contributed by atoms with van der Waals surface area (Å²) in [6.07, 6.45) is 1.81. The van der Waals surface area contributed by atoms with Gasteiger partial charge >= 0.3 is 24.1 Å². The molecule has 18 nitrogen and oxygen atoms in total. The molecule has 0 radical (unpaired) electrons. The Kier molecular flexibility index (Phi) is 29.5. The molecule has 2 unspecified atom stereocenters. The predicted molar refractivity (Wildman–Crippen MR) is 405 cm³/mol. The highest BCUT2D eigenvalue weighted by Crippen LogP contribution is 2.40. The standard InChI is InChI=1S/C38H48BrClN4O5.C23H22BrClN2O.C15H27BrN2O4/c1-38(2,3)49-37(46)42(4)29-16-18-43(19-17-29)25-34(36(45)47-5)48-33-20-30(39)31(40)21-32(33)41-22-26-23-44(24-26)35(27-12-8-6-9-13-27)28-14-10-7-11-15-28;24-19-11-22(28)21(12-20(19)25)26-13-16-14-27(15-16)23(17-7-3-1-4-8-17)18-9-5-2-6-10-18;1-15(2,3)22-14(20)17(4)11-6-8-18(9-7-11)10-12(16)13(19)21-5/h6-15,20-21,26,29,34-35,41H,16-19,22-25H2,1-5H3;1-12,16,23,26,28H,13-15H2;11-12H,6-10H2,1-5H3. The molecule has 3 N–H and O–H groups in total. The van der Waals surface area contributed by atoms with Crippen LogP contribution in [0.15, 0.2) is 155 Å². The zero-order valence-electron chi connectivity index (χ0n) is 58.5. The monoisotopic (exact) mass is 1590 g/mol. The van der Waals surface area contributed by atoms with E-state index < -0.39 is 23.3 Å². The van der Waals surface area contributed by atoms with Crippen LogP contribution in [0.2, 0.25) is 10.0 Å². The molecular formula is C76H97Br3Cl2N8O10. The molecule has 0 aromatic heterocycles. The second kappa shape index (κ2) is 37.2. The summed E-state index contributed by atoms with van der Waals surface area (Å²) in [5, 5.41) is 18.1. The lowest BCUT2D eigenvalue weighted by atomic mass is 9.90. The number of alkyl halides is 1. The lowest BCUT2D eigenvalue weighted by Crippen LogP contribution is -2.51. The molecule has 2 atom stereocenters. The van der Waals surface area contributed by atoms with Crippen molar-refractivity contribution < 1.29 is 48.0 Å². The van der Waals surface area contributed by atoms with Crippen LogP contribution in [-0.4, -0.2) is 200 Å². The van der Waals surface area contributed by atoms with Crippen molar-refractivity contribution in [1.82, 2.24) is 29.4 Å². The van der Waals surface area contributed by atoms with E-state index in [0.717, 1.165) is 83.7 Å². The van der Waals surface area contributed by atoms with Crippen LogP contribution >= 0.6 is 71.0 Å². The Hall–Kier alpha value is -6.14. The van der Waals surface area contributed by atoms with E-state index in [1.165, 1.54) is 36.5 Å². The van der Waals surface area contributed by atoms with Crippen molar-refractivity contribution in [3.63, 3.8) is 0 Å². The van der Waals surface area contributed by atoms with E-state index in [0.29, 0.717) is 68.4 Å². The maximum absolute atomic E-state index is 13.0. The van der Waals surface area contributed by atoms with Crippen molar-refractivity contribution in [3.05, 3.63) is 187 Å². The summed E-state index contributed by atoms with van der Waals surface area (Å²) in [6, 6.07) is 50.3. The van der Waals surface area contributed by atoms with Crippen LogP contribution in [0.25, 0.3) is 0 Å². The minimum atomic E-state index is -0.851. The van der Waals surface area contributed by atoms with Crippen molar-refractivity contribution in [2.45, 2.75) is 114 Å². The molecule has 4 aliphatic heterocycles. The van der Waals surface area contributed by atoms with Gasteiger partial charge in [-0.25, -0.2) is 14.4 Å². The number of anilines is 2. The summed E-state index contributed by atoms with van der Waals surface area (Å²) >= 11 is 22.9. The Bertz CT molecular complexity index is 3460. The van der Waals surface area contributed by atoms with Gasteiger partial charge in [0, 0.05) is 125 Å².